The molecule has 1 aromatic rings. The van der Waals surface area contributed by atoms with Gasteiger partial charge >= 0.3 is 0 Å². The van der Waals surface area contributed by atoms with E-state index in [0.717, 1.165) is 11.8 Å². The fourth-order valence-corrected chi connectivity index (χ4v) is 3.32. The molecule has 0 unspecified atom stereocenters. The Morgan fingerprint density at radius 1 is 1.43 bits per heavy atom. The largest absolute Gasteiger partial charge is 0.341 e. The molecule has 0 spiro atoms. The van der Waals surface area contributed by atoms with Crippen molar-refractivity contribution in [3.05, 3.63) is 35.9 Å². The summed E-state index contributed by atoms with van der Waals surface area (Å²) in [5, 5.41) is 0. The smallest absolute Gasteiger partial charge is 0.224 e. The predicted octanol–water partition coefficient (Wildman–Crippen LogP) is 0.227. The van der Waals surface area contributed by atoms with Crippen molar-refractivity contribution in [2.45, 2.75) is 24.9 Å². The maximum atomic E-state index is 12.2. The van der Waals surface area contributed by atoms with Gasteiger partial charge < -0.3 is 10.6 Å². The van der Waals surface area contributed by atoms with Crippen molar-refractivity contribution in [2.24, 2.45) is 5.73 Å². The van der Waals surface area contributed by atoms with E-state index in [2.05, 4.69) is 4.72 Å². The summed E-state index contributed by atoms with van der Waals surface area (Å²) in [6.07, 6.45) is 2.00. The Morgan fingerprint density at radius 2 is 2.10 bits per heavy atom. The molecule has 1 aliphatic heterocycles. The van der Waals surface area contributed by atoms with Crippen molar-refractivity contribution in [1.82, 2.24) is 9.62 Å². The lowest BCUT2D eigenvalue weighted by atomic mass is 10.0. The fraction of sp³-hybridized carbons (Fsp3) is 0.500. The number of amides is 1. The molecule has 116 valence electrons. The summed E-state index contributed by atoms with van der Waals surface area (Å²) in [6, 6.07) is 8.95. The molecular weight excluding hydrogens is 290 g/mol. The van der Waals surface area contributed by atoms with Gasteiger partial charge in [-0.2, -0.15) is 0 Å². The molecule has 1 heterocycles. The standard InChI is InChI=1S/C14H21N3O3S/c1-21(19,20)16-12-7-8-17(10-12)14(18)9-13(15)11-5-3-2-4-6-11/h2-6,12-13,16H,7-10,15H2,1H3/t12-,13+/m0/s1. The zero-order valence-corrected chi connectivity index (χ0v) is 12.8. The molecule has 0 saturated carbocycles. The molecule has 1 saturated heterocycles. The van der Waals surface area contributed by atoms with Crippen LogP contribution in [-0.4, -0.2) is 44.6 Å². The molecule has 0 aliphatic carbocycles. The summed E-state index contributed by atoms with van der Waals surface area (Å²) >= 11 is 0. The molecule has 1 fully saturated rings. The summed E-state index contributed by atoms with van der Waals surface area (Å²) in [5.74, 6) is -0.0378. The van der Waals surface area contributed by atoms with Crippen molar-refractivity contribution in [2.75, 3.05) is 19.3 Å². The second-order valence-corrected chi connectivity index (χ2v) is 7.22. The minimum Gasteiger partial charge on any atom is -0.341 e. The number of carbonyl (C=O) groups is 1. The molecule has 7 heteroatoms. The van der Waals surface area contributed by atoms with Crippen LogP contribution >= 0.6 is 0 Å². The van der Waals surface area contributed by atoms with E-state index in [4.69, 9.17) is 5.73 Å². The summed E-state index contributed by atoms with van der Waals surface area (Å²) in [6.45, 7) is 0.973. The quantitative estimate of drug-likeness (QED) is 0.814. The van der Waals surface area contributed by atoms with Crippen molar-refractivity contribution in [1.29, 1.82) is 0 Å². The monoisotopic (exact) mass is 311 g/mol. The van der Waals surface area contributed by atoms with Gasteiger partial charge in [-0.15, -0.1) is 0 Å². The molecule has 2 rings (SSSR count). The number of carbonyl (C=O) groups excluding carboxylic acids is 1. The number of nitrogens with one attached hydrogen (secondary N) is 1. The van der Waals surface area contributed by atoms with Crippen LogP contribution in [0.15, 0.2) is 30.3 Å². The Hall–Kier alpha value is -1.44. The van der Waals surface area contributed by atoms with Crippen molar-refractivity contribution in [3.63, 3.8) is 0 Å². The first kappa shape index (κ1) is 15.9. The first-order valence-corrected chi connectivity index (χ1v) is 8.80. The summed E-state index contributed by atoms with van der Waals surface area (Å²) in [7, 11) is -3.24. The number of sulfonamides is 1. The lowest BCUT2D eigenvalue weighted by Gasteiger charge is -2.19. The van der Waals surface area contributed by atoms with Crippen LogP contribution in [0.2, 0.25) is 0 Å². The summed E-state index contributed by atoms with van der Waals surface area (Å²) in [4.78, 5) is 13.9. The third-order valence-electron chi connectivity index (χ3n) is 3.54. The van der Waals surface area contributed by atoms with Gasteiger partial charge in [-0.25, -0.2) is 13.1 Å². The van der Waals surface area contributed by atoms with E-state index in [1.807, 2.05) is 30.3 Å². The maximum absolute atomic E-state index is 12.2. The highest BCUT2D eigenvalue weighted by molar-refractivity contribution is 7.88. The Morgan fingerprint density at radius 3 is 2.71 bits per heavy atom. The van der Waals surface area contributed by atoms with E-state index in [0.29, 0.717) is 19.5 Å². The summed E-state index contributed by atoms with van der Waals surface area (Å²) in [5.41, 5.74) is 6.97. The number of nitrogens with two attached hydrogens (primary N) is 1. The lowest BCUT2D eigenvalue weighted by Crippen LogP contribution is -2.38. The van der Waals surface area contributed by atoms with Crippen LogP contribution < -0.4 is 10.5 Å². The van der Waals surface area contributed by atoms with E-state index in [1.165, 1.54) is 0 Å². The van der Waals surface area contributed by atoms with E-state index >= 15 is 0 Å². The third kappa shape index (κ3) is 4.80. The van der Waals surface area contributed by atoms with Crippen LogP contribution in [0.4, 0.5) is 0 Å². The van der Waals surface area contributed by atoms with Crippen LogP contribution in [0, 0.1) is 0 Å². The average molecular weight is 311 g/mol. The molecule has 0 aromatic heterocycles. The number of rotatable bonds is 5. The van der Waals surface area contributed by atoms with Crippen LogP contribution in [0.1, 0.15) is 24.4 Å². The summed E-state index contributed by atoms with van der Waals surface area (Å²) < 4.78 is 24.9. The maximum Gasteiger partial charge on any atom is 0.224 e. The Kier molecular flexibility index (Phi) is 4.97. The zero-order valence-electron chi connectivity index (χ0n) is 12.0. The molecule has 6 nitrogen and oxygen atoms in total. The minimum atomic E-state index is -3.24. The fourth-order valence-electron chi connectivity index (χ4n) is 2.52. The number of hydrogen-bond acceptors (Lipinski definition) is 4. The van der Waals surface area contributed by atoms with E-state index in [9.17, 15) is 13.2 Å². The molecule has 1 aromatic carbocycles. The average Bonchev–Trinajstić information content (AvgIpc) is 2.86. The van der Waals surface area contributed by atoms with Gasteiger partial charge in [0.05, 0.1) is 6.26 Å². The van der Waals surface area contributed by atoms with Crippen LogP contribution in [0.3, 0.4) is 0 Å². The molecule has 0 bridgehead atoms. The zero-order chi connectivity index (χ0) is 15.5. The van der Waals surface area contributed by atoms with Gasteiger partial charge in [0.25, 0.3) is 0 Å². The normalized spacial score (nSPS) is 20.5. The third-order valence-corrected chi connectivity index (χ3v) is 4.31. The number of hydrogen-bond donors (Lipinski definition) is 2. The van der Waals surface area contributed by atoms with Gasteiger partial charge in [-0.05, 0) is 12.0 Å². The number of likely N-dealkylation sites (tertiary alicyclic amines) is 1. The van der Waals surface area contributed by atoms with Crippen molar-refractivity contribution < 1.29 is 13.2 Å². The van der Waals surface area contributed by atoms with Gasteiger partial charge in [-0.1, -0.05) is 30.3 Å². The van der Waals surface area contributed by atoms with E-state index < -0.39 is 10.0 Å². The Bertz CT molecular complexity index is 589. The first-order chi connectivity index (χ1) is 9.85. The number of nitrogens with zero attached hydrogens (tertiary/aromatic N) is 1. The van der Waals surface area contributed by atoms with Gasteiger partial charge in [0.1, 0.15) is 0 Å². The predicted molar refractivity (Wildman–Crippen MR) is 81.0 cm³/mol. The first-order valence-electron chi connectivity index (χ1n) is 6.91. The Balaban J connectivity index is 1.87. The SMILES string of the molecule is CS(=O)(=O)N[C@H]1CCN(C(=O)C[C@@H](N)c2ccccc2)C1. The highest BCUT2D eigenvalue weighted by Gasteiger charge is 2.28. The van der Waals surface area contributed by atoms with Crippen LogP contribution in [-0.2, 0) is 14.8 Å². The number of benzene rings is 1. The molecule has 0 radical (unpaired) electrons. The lowest BCUT2D eigenvalue weighted by molar-refractivity contribution is -0.130. The molecular formula is C14H21N3O3S. The second kappa shape index (κ2) is 6.55. The van der Waals surface area contributed by atoms with Crippen LogP contribution in [0.25, 0.3) is 0 Å². The van der Waals surface area contributed by atoms with Gasteiger partial charge in [0.2, 0.25) is 15.9 Å². The highest BCUT2D eigenvalue weighted by Crippen LogP contribution is 2.17. The van der Waals surface area contributed by atoms with Crippen LogP contribution in [0.5, 0.6) is 0 Å². The topological polar surface area (TPSA) is 92.5 Å². The van der Waals surface area contributed by atoms with Gasteiger partial charge in [0.15, 0.2) is 0 Å². The molecule has 21 heavy (non-hydrogen) atoms. The van der Waals surface area contributed by atoms with Crippen molar-refractivity contribution >= 4 is 15.9 Å². The molecule has 2 atom stereocenters. The van der Waals surface area contributed by atoms with Gasteiger partial charge in [0, 0.05) is 31.6 Å². The minimum absolute atomic E-state index is 0.0378. The molecule has 1 aliphatic rings. The molecule has 1 amide bonds. The van der Waals surface area contributed by atoms with E-state index in [-0.39, 0.29) is 24.4 Å². The second-order valence-electron chi connectivity index (χ2n) is 5.44. The van der Waals surface area contributed by atoms with Crippen molar-refractivity contribution in [3.8, 4) is 0 Å². The highest BCUT2D eigenvalue weighted by atomic mass is 32.2. The van der Waals surface area contributed by atoms with E-state index in [1.54, 1.807) is 4.90 Å². The Labute approximate surface area is 125 Å². The van der Waals surface area contributed by atoms with Gasteiger partial charge in [-0.3, -0.25) is 4.79 Å². The molecule has 3 N–H and O–H groups in total.